The smallest absolute Gasteiger partial charge is 0.231 e. The van der Waals surface area contributed by atoms with Crippen LogP contribution in [0, 0.1) is 0 Å². The van der Waals surface area contributed by atoms with Gasteiger partial charge in [-0.25, -0.2) is 0 Å². The molecule has 1 atom stereocenters. The molecule has 4 nitrogen and oxygen atoms in total. The Kier molecular flexibility index (Phi) is 3.75. The monoisotopic (exact) mass is 403 g/mol. The molecule has 1 unspecified atom stereocenters. The summed E-state index contributed by atoms with van der Waals surface area (Å²) < 4.78 is 17.4. The summed E-state index contributed by atoms with van der Waals surface area (Å²) in [7, 11) is 0. The molecule has 3 aliphatic rings. The summed E-state index contributed by atoms with van der Waals surface area (Å²) in [6, 6.07) is 21.7. The van der Waals surface area contributed by atoms with Gasteiger partial charge >= 0.3 is 0 Å². The van der Waals surface area contributed by atoms with Crippen LogP contribution in [0.5, 0.6) is 17.2 Å². The number of hydrogen-bond donors (Lipinski definition) is 0. The van der Waals surface area contributed by atoms with Gasteiger partial charge in [-0.05, 0) is 41.6 Å². The predicted molar refractivity (Wildman–Crippen MR) is 115 cm³/mol. The van der Waals surface area contributed by atoms with Crippen LogP contribution in [-0.2, 0) is 12.0 Å². The molecule has 3 aromatic rings. The minimum atomic E-state index is -0.174. The van der Waals surface area contributed by atoms with E-state index in [4.69, 9.17) is 14.2 Å². The van der Waals surface area contributed by atoms with Crippen molar-refractivity contribution in [3.63, 3.8) is 0 Å². The van der Waals surface area contributed by atoms with Crippen LogP contribution in [0.3, 0.4) is 0 Å². The highest BCUT2D eigenvalue weighted by molar-refractivity contribution is 7.98. The number of hydrogen-bond acceptors (Lipinski definition) is 5. The summed E-state index contributed by atoms with van der Waals surface area (Å²) in [5.41, 5.74) is 4.97. The van der Waals surface area contributed by atoms with Crippen LogP contribution in [0.1, 0.15) is 16.7 Å². The molecule has 3 aromatic carbocycles. The van der Waals surface area contributed by atoms with Gasteiger partial charge in [-0.2, -0.15) is 0 Å². The number of para-hydroxylation sites is 1. The number of anilines is 1. The Hall–Kier alpha value is -2.79. The van der Waals surface area contributed by atoms with Crippen molar-refractivity contribution in [3.05, 3.63) is 77.4 Å². The van der Waals surface area contributed by atoms with E-state index >= 15 is 0 Å². The second-order valence-corrected chi connectivity index (χ2v) is 8.67. The molecule has 3 heterocycles. The lowest BCUT2D eigenvalue weighted by molar-refractivity contribution is 0.173. The van der Waals surface area contributed by atoms with E-state index in [1.54, 1.807) is 11.8 Å². The quantitative estimate of drug-likeness (QED) is 0.585. The van der Waals surface area contributed by atoms with E-state index in [0.717, 1.165) is 30.3 Å². The van der Waals surface area contributed by atoms with Gasteiger partial charge in [-0.3, -0.25) is 0 Å². The normalized spacial score (nSPS) is 20.7. The fourth-order valence-electron chi connectivity index (χ4n) is 4.79. The van der Waals surface area contributed by atoms with Crippen molar-refractivity contribution >= 4 is 17.4 Å². The SMILES string of the molecule is CSc1ccc(CN2CC3(COc4cc5c(cc43)OCO5)c3ccccc32)cc1. The largest absolute Gasteiger partial charge is 0.492 e. The summed E-state index contributed by atoms with van der Waals surface area (Å²) in [6.07, 6.45) is 2.11. The summed E-state index contributed by atoms with van der Waals surface area (Å²) in [6.45, 7) is 2.70. The van der Waals surface area contributed by atoms with Gasteiger partial charge in [0.2, 0.25) is 6.79 Å². The number of thioether (sulfide) groups is 1. The van der Waals surface area contributed by atoms with Gasteiger partial charge in [-0.15, -0.1) is 11.8 Å². The molecule has 0 aliphatic carbocycles. The van der Waals surface area contributed by atoms with Crippen molar-refractivity contribution in [1.29, 1.82) is 0 Å². The average molecular weight is 404 g/mol. The molecule has 0 bridgehead atoms. The highest BCUT2D eigenvalue weighted by Gasteiger charge is 2.50. The molecule has 0 amide bonds. The Bertz CT molecular complexity index is 1100. The first-order valence-electron chi connectivity index (χ1n) is 9.81. The van der Waals surface area contributed by atoms with Gasteiger partial charge in [-0.1, -0.05) is 30.3 Å². The van der Waals surface area contributed by atoms with Gasteiger partial charge in [0, 0.05) is 35.3 Å². The van der Waals surface area contributed by atoms with Gasteiger partial charge < -0.3 is 19.1 Å². The van der Waals surface area contributed by atoms with Crippen molar-refractivity contribution in [2.75, 3.05) is 31.1 Å². The number of fused-ring (bicyclic) bond motifs is 5. The summed E-state index contributed by atoms with van der Waals surface area (Å²) in [4.78, 5) is 3.77. The highest BCUT2D eigenvalue weighted by atomic mass is 32.2. The lowest BCUT2D eigenvalue weighted by Gasteiger charge is -2.25. The molecule has 5 heteroatoms. The van der Waals surface area contributed by atoms with Gasteiger partial charge in [0.1, 0.15) is 12.4 Å². The molecule has 1 spiro atoms. The van der Waals surface area contributed by atoms with Crippen LogP contribution in [0.2, 0.25) is 0 Å². The third kappa shape index (κ3) is 2.53. The Morgan fingerprint density at radius 2 is 1.69 bits per heavy atom. The van der Waals surface area contributed by atoms with Gasteiger partial charge in [0.15, 0.2) is 11.5 Å². The first kappa shape index (κ1) is 17.1. The third-order valence-electron chi connectivity index (χ3n) is 6.22. The molecule has 29 heavy (non-hydrogen) atoms. The maximum absolute atomic E-state index is 6.18. The molecular formula is C24H21NO3S. The molecule has 0 fully saturated rings. The maximum Gasteiger partial charge on any atom is 0.231 e. The topological polar surface area (TPSA) is 30.9 Å². The van der Waals surface area contributed by atoms with E-state index in [0.29, 0.717) is 6.61 Å². The Labute approximate surface area is 174 Å². The van der Waals surface area contributed by atoms with E-state index in [2.05, 4.69) is 65.8 Å². The van der Waals surface area contributed by atoms with E-state index in [9.17, 15) is 0 Å². The molecule has 0 saturated carbocycles. The summed E-state index contributed by atoms with van der Waals surface area (Å²) in [5, 5.41) is 0. The number of benzene rings is 3. The molecule has 0 saturated heterocycles. The zero-order valence-electron chi connectivity index (χ0n) is 16.2. The molecule has 146 valence electrons. The van der Waals surface area contributed by atoms with Crippen LogP contribution >= 0.6 is 11.8 Å². The second-order valence-electron chi connectivity index (χ2n) is 7.79. The molecule has 6 rings (SSSR count). The minimum Gasteiger partial charge on any atom is -0.492 e. The van der Waals surface area contributed by atoms with Crippen LogP contribution in [0.15, 0.2) is 65.6 Å². The Morgan fingerprint density at radius 3 is 2.52 bits per heavy atom. The fraction of sp³-hybridized carbons (Fsp3) is 0.250. The van der Waals surface area contributed by atoms with Gasteiger partial charge in [0.05, 0.1) is 5.41 Å². The Morgan fingerprint density at radius 1 is 0.897 bits per heavy atom. The van der Waals surface area contributed by atoms with E-state index in [-0.39, 0.29) is 12.2 Å². The summed E-state index contributed by atoms with van der Waals surface area (Å²) >= 11 is 1.77. The van der Waals surface area contributed by atoms with Crippen LogP contribution < -0.4 is 19.1 Å². The molecular weight excluding hydrogens is 382 g/mol. The number of rotatable bonds is 3. The van der Waals surface area contributed by atoms with Crippen molar-refractivity contribution in [2.24, 2.45) is 0 Å². The van der Waals surface area contributed by atoms with E-state index < -0.39 is 0 Å². The van der Waals surface area contributed by atoms with Crippen molar-refractivity contribution < 1.29 is 14.2 Å². The van der Waals surface area contributed by atoms with Crippen molar-refractivity contribution in [2.45, 2.75) is 16.9 Å². The molecule has 0 radical (unpaired) electrons. The zero-order chi connectivity index (χ0) is 19.4. The molecule has 3 aliphatic heterocycles. The molecule has 0 aromatic heterocycles. The lowest BCUT2D eigenvalue weighted by atomic mass is 9.77. The zero-order valence-corrected chi connectivity index (χ0v) is 17.0. The Balaban J connectivity index is 1.41. The minimum absolute atomic E-state index is 0.174. The van der Waals surface area contributed by atoms with E-state index in [1.165, 1.54) is 27.3 Å². The number of ether oxygens (including phenoxy) is 3. The second kappa shape index (κ2) is 6.36. The standard InChI is InChI=1S/C24H21NO3S/c1-29-17-8-6-16(7-9-17)12-25-13-24(18-4-2-3-5-20(18)25)14-26-21-11-23-22(10-19(21)24)27-15-28-23/h2-11H,12-15H2,1H3. The average Bonchev–Trinajstić information content (AvgIpc) is 3.45. The molecule has 0 N–H and O–H groups in total. The van der Waals surface area contributed by atoms with Crippen LogP contribution in [0.25, 0.3) is 0 Å². The first-order valence-corrected chi connectivity index (χ1v) is 11.0. The van der Waals surface area contributed by atoms with Crippen molar-refractivity contribution in [1.82, 2.24) is 0 Å². The summed E-state index contributed by atoms with van der Waals surface area (Å²) in [5.74, 6) is 2.50. The first-order chi connectivity index (χ1) is 14.3. The van der Waals surface area contributed by atoms with Gasteiger partial charge in [0.25, 0.3) is 0 Å². The lowest BCUT2D eigenvalue weighted by Crippen LogP contribution is -2.35. The predicted octanol–water partition coefficient (Wildman–Crippen LogP) is 4.84. The third-order valence-corrected chi connectivity index (χ3v) is 6.96. The number of nitrogens with zero attached hydrogens (tertiary/aromatic N) is 1. The maximum atomic E-state index is 6.18. The van der Waals surface area contributed by atoms with Crippen LogP contribution in [-0.4, -0.2) is 26.2 Å². The van der Waals surface area contributed by atoms with E-state index in [1.807, 2.05) is 6.07 Å². The highest BCUT2D eigenvalue weighted by Crippen LogP contribution is 2.54. The van der Waals surface area contributed by atoms with Crippen LogP contribution in [0.4, 0.5) is 5.69 Å². The van der Waals surface area contributed by atoms with Crippen molar-refractivity contribution in [3.8, 4) is 17.2 Å². The fourth-order valence-corrected chi connectivity index (χ4v) is 5.20.